The van der Waals surface area contributed by atoms with Gasteiger partial charge in [-0.1, -0.05) is 17.8 Å². The molecule has 0 aliphatic rings. The number of rotatable bonds is 4. The van der Waals surface area contributed by atoms with E-state index in [1.165, 1.54) is 35.2 Å². The van der Waals surface area contributed by atoms with Gasteiger partial charge >= 0.3 is 0 Å². The first-order valence-corrected chi connectivity index (χ1v) is 7.46. The largest absolute Gasteiger partial charge is 0.325 e. The van der Waals surface area contributed by atoms with E-state index in [0.717, 1.165) is 10.0 Å². The summed E-state index contributed by atoms with van der Waals surface area (Å²) in [5, 5.41) is 4.35. The smallest absolute Gasteiger partial charge is 0.237 e. The molecule has 0 aliphatic heterocycles. The van der Waals surface area contributed by atoms with Gasteiger partial charge in [-0.05, 0) is 32.0 Å². The van der Waals surface area contributed by atoms with Gasteiger partial charge in [-0.2, -0.15) is 0 Å². The Hall–Kier alpha value is -1.40. The quantitative estimate of drug-likeness (QED) is 0.875. The first-order valence-electron chi connectivity index (χ1n) is 5.70. The van der Waals surface area contributed by atoms with Crippen molar-refractivity contribution in [2.45, 2.75) is 23.4 Å². The number of anilines is 1. The van der Waals surface area contributed by atoms with Gasteiger partial charge < -0.3 is 5.32 Å². The third-order valence-electron chi connectivity index (χ3n) is 2.34. The molecule has 0 saturated carbocycles. The minimum atomic E-state index is -0.367. The number of hydrogen-bond donors (Lipinski definition) is 1. The number of benzene rings is 1. The molecule has 2 rings (SSSR count). The van der Waals surface area contributed by atoms with Gasteiger partial charge in [-0.25, -0.2) is 9.37 Å². The fourth-order valence-corrected chi connectivity index (χ4v) is 3.39. The topological polar surface area (TPSA) is 42.0 Å². The van der Waals surface area contributed by atoms with Crippen LogP contribution in [0, 0.1) is 12.7 Å². The van der Waals surface area contributed by atoms with E-state index < -0.39 is 0 Å². The molecule has 1 aromatic heterocycles. The Morgan fingerprint density at radius 3 is 2.95 bits per heavy atom. The first kappa shape index (κ1) is 14.0. The Kier molecular flexibility index (Phi) is 4.55. The third-order valence-corrected chi connectivity index (χ3v) is 4.53. The van der Waals surface area contributed by atoms with E-state index >= 15 is 0 Å². The molecule has 1 aromatic carbocycles. The number of nitrogens with zero attached hydrogens (tertiary/aromatic N) is 1. The number of hydrogen-bond acceptors (Lipinski definition) is 4. The minimum absolute atomic E-state index is 0.163. The molecule has 1 N–H and O–H groups in total. The van der Waals surface area contributed by atoms with Crippen LogP contribution in [0.3, 0.4) is 0 Å². The molecular formula is C13H13FN2OS2. The van der Waals surface area contributed by atoms with Gasteiger partial charge in [0.1, 0.15) is 5.82 Å². The number of thiazole rings is 1. The van der Waals surface area contributed by atoms with Crippen molar-refractivity contribution in [1.82, 2.24) is 4.98 Å². The summed E-state index contributed by atoms with van der Waals surface area (Å²) in [5.74, 6) is -0.530. The van der Waals surface area contributed by atoms with E-state index in [4.69, 9.17) is 0 Å². The van der Waals surface area contributed by atoms with Crippen molar-refractivity contribution in [2.24, 2.45) is 0 Å². The second kappa shape index (κ2) is 6.16. The van der Waals surface area contributed by atoms with Gasteiger partial charge in [-0.3, -0.25) is 4.79 Å². The zero-order valence-electron chi connectivity index (χ0n) is 10.5. The molecule has 100 valence electrons. The van der Waals surface area contributed by atoms with Crippen LogP contribution in [-0.4, -0.2) is 16.1 Å². The zero-order valence-corrected chi connectivity index (χ0v) is 12.1. The molecule has 0 aliphatic carbocycles. The maximum absolute atomic E-state index is 13.0. The molecule has 3 nitrogen and oxygen atoms in total. The monoisotopic (exact) mass is 296 g/mol. The number of thioether (sulfide) groups is 1. The lowest BCUT2D eigenvalue weighted by atomic mass is 10.3. The van der Waals surface area contributed by atoms with Crippen LogP contribution in [0.25, 0.3) is 0 Å². The second-order valence-electron chi connectivity index (χ2n) is 4.01. The van der Waals surface area contributed by atoms with Crippen molar-refractivity contribution in [3.8, 4) is 0 Å². The van der Waals surface area contributed by atoms with Crippen LogP contribution in [-0.2, 0) is 4.79 Å². The van der Waals surface area contributed by atoms with Crippen molar-refractivity contribution in [1.29, 1.82) is 0 Å². The fourth-order valence-electron chi connectivity index (χ4n) is 1.40. The standard InChI is InChI=1S/C13H13FN2OS2/c1-8-7-18-13(15-8)19-9(2)12(17)16-11-5-3-4-10(14)6-11/h3-7,9H,1-2H3,(H,16,17)/t9-/m1/s1. The number of carbonyl (C=O) groups excluding carboxylic acids is 1. The lowest BCUT2D eigenvalue weighted by Gasteiger charge is -2.10. The Morgan fingerprint density at radius 2 is 2.32 bits per heavy atom. The van der Waals surface area contributed by atoms with Crippen LogP contribution in [0.4, 0.5) is 10.1 Å². The lowest BCUT2D eigenvalue weighted by molar-refractivity contribution is -0.115. The summed E-state index contributed by atoms with van der Waals surface area (Å²) in [4.78, 5) is 16.3. The number of amides is 1. The molecule has 19 heavy (non-hydrogen) atoms. The molecule has 6 heteroatoms. The maximum atomic E-state index is 13.0. The fraction of sp³-hybridized carbons (Fsp3) is 0.231. The molecule has 0 radical (unpaired) electrons. The molecular weight excluding hydrogens is 283 g/mol. The highest BCUT2D eigenvalue weighted by Crippen LogP contribution is 2.27. The van der Waals surface area contributed by atoms with E-state index in [9.17, 15) is 9.18 Å². The maximum Gasteiger partial charge on any atom is 0.237 e. The van der Waals surface area contributed by atoms with Gasteiger partial charge in [-0.15, -0.1) is 11.3 Å². The van der Waals surface area contributed by atoms with Crippen molar-refractivity contribution in [2.75, 3.05) is 5.32 Å². The highest BCUT2D eigenvalue weighted by molar-refractivity contribution is 8.02. The Bertz CT molecular complexity index is 586. The molecule has 1 amide bonds. The van der Waals surface area contributed by atoms with E-state index in [1.807, 2.05) is 12.3 Å². The second-order valence-corrected chi connectivity index (χ2v) is 6.46. The van der Waals surface area contributed by atoms with Crippen molar-refractivity contribution in [3.63, 3.8) is 0 Å². The summed E-state index contributed by atoms with van der Waals surface area (Å²) >= 11 is 2.91. The molecule has 0 unspecified atom stereocenters. The van der Waals surface area contributed by atoms with Crippen molar-refractivity contribution >= 4 is 34.7 Å². The van der Waals surface area contributed by atoms with Gasteiger partial charge in [0.05, 0.1) is 5.25 Å². The first-order chi connectivity index (χ1) is 9.04. The molecule has 1 heterocycles. The van der Waals surface area contributed by atoms with Gasteiger partial charge in [0.25, 0.3) is 0 Å². The van der Waals surface area contributed by atoms with Crippen molar-refractivity contribution < 1.29 is 9.18 Å². The van der Waals surface area contributed by atoms with Gasteiger partial charge in [0.15, 0.2) is 4.34 Å². The van der Waals surface area contributed by atoms with E-state index in [0.29, 0.717) is 5.69 Å². The lowest BCUT2D eigenvalue weighted by Crippen LogP contribution is -2.22. The van der Waals surface area contributed by atoms with Crippen LogP contribution < -0.4 is 5.32 Å². The third kappa shape index (κ3) is 4.04. The number of nitrogens with one attached hydrogen (secondary N) is 1. The molecule has 0 fully saturated rings. The number of halogens is 1. The predicted octanol–water partition coefficient (Wildman–Crippen LogP) is 3.71. The number of carbonyl (C=O) groups is 1. The van der Waals surface area contributed by atoms with Crippen LogP contribution in [0.2, 0.25) is 0 Å². The molecule has 0 bridgehead atoms. The Labute approximate surface area is 119 Å². The average molecular weight is 296 g/mol. The molecule has 1 atom stereocenters. The summed E-state index contributed by atoms with van der Waals surface area (Å²) in [5.41, 5.74) is 1.41. The van der Waals surface area contributed by atoms with E-state index in [2.05, 4.69) is 10.3 Å². The molecule has 0 saturated heterocycles. The SMILES string of the molecule is Cc1csc(S[C@H](C)C(=O)Nc2cccc(F)c2)n1. The van der Waals surface area contributed by atoms with Crippen molar-refractivity contribution in [3.05, 3.63) is 41.2 Å². The van der Waals surface area contributed by atoms with Crippen LogP contribution >= 0.6 is 23.1 Å². The summed E-state index contributed by atoms with van der Waals surface area (Å²) in [7, 11) is 0. The van der Waals surface area contributed by atoms with Crippen LogP contribution in [0.1, 0.15) is 12.6 Å². The summed E-state index contributed by atoms with van der Waals surface area (Å²) in [6.45, 7) is 3.72. The Morgan fingerprint density at radius 1 is 1.53 bits per heavy atom. The highest BCUT2D eigenvalue weighted by atomic mass is 32.2. The molecule has 0 spiro atoms. The number of aryl methyl sites for hydroxylation is 1. The zero-order chi connectivity index (χ0) is 13.8. The van der Waals surface area contributed by atoms with E-state index in [-0.39, 0.29) is 17.0 Å². The summed E-state index contributed by atoms with van der Waals surface area (Å²) in [6, 6.07) is 5.86. The van der Waals surface area contributed by atoms with Gasteiger partial charge in [0, 0.05) is 16.8 Å². The van der Waals surface area contributed by atoms with Crippen LogP contribution in [0.15, 0.2) is 34.0 Å². The van der Waals surface area contributed by atoms with E-state index in [1.54, 1.807) is 19.1 Å². The molecule has 2 aromatic rings. The summed E-state index contributed by atoms with van der Waals surface area (Å²) < 4.78 is 13.9. The van der Waals surface area contributed by atoms with Crippen LogP contribution in [0.5, 0.6) is 0 Å². The number of aromatic nitrogens is 1. The summed E-state index contributed by atoms with van der Waals surface area (Å²) in [6.07, 6.45) is 0. The highest BCUT2D eigenvalue weighted by Gasteiger charge is 2.16. The Balaban J connectivity index is 1.96. The predicted molar refractivity (Wildman–Crippen MR) is 77.2 cm³/mol. The minimum Gasteiger partial charge on any atom is -0.325 e. The average Bonchev–Trinajstić information content (AvgIpc) is 2.74. The normalized spacial score (nSPS) is 12.2. The van der Waals surface area contributed by atoms with Gasteiger partial charge in [0.2, 0.25) is 5.91 Å².